The van der Waals surface area contributed by atoms with E-state index in [1.54, 1.807) is 12.1 Å². The second-order valence-corrected chi connectivity index (χ2v) is 6.19. The second kappa shape index (κ2) is 8.14. The van der Waals surface area contributed by atoms with Crippen molar-refractivity contribution < 1.29 is 27.0 Å². The maximum Gasteiger partial charge on any atom is 0.573 e. The van der Waals surface area contributed by atoms with Gasteiger partial charge in [-0.05, 0) is 23.8 Å². The van der Waals surface area contributed by atoms with Crippen molar-refractivity contribution in [2.24, 2.45) is 0 Å². The molecule has 0 amide bonds. The molecule has 0 saturated carbocycles. The van der Waals surface area contributed by atoms with Crippen LogP contribution in [0.5, 0.6) is 11.5 Å². The number of methoxy groups -OCH3 is 1. The van der Waals surface area contributed by atoms with E-state index in [1.807, 2.05) is 0 Å². The van der Waals surface area contributed by atoms with Gasteiger partial charge < -0.3 is 14.8 Å². The number of piperazine rings is 1. The van der Waals surface area contributed by atoms with E-state index in [-0.39, 0.29) is 5.75 Å². The van der Waals surface area contributed by atoms with Crippen molar-refractivity contribution in [1.82, 2.24) is 10.2 Å². The third-order valence-corrected chi connectivity index (χ3v) is 4.45. The van der Waals surface area contributed by atoms with Gasteiger partial charge in [-0.1, -0.05) is 18.2 Å². The highest BCUT2D eigenvalue weighted by Gasteiger charge is 2.31. The lowest BCUT2D eigenvalue weighted by molar-refractivity contribution is -0.274. The fourth-order valence-corrected chi connectivity index (χ4v) is 3.24. The van der Waals surface area contributed by atoms with Crippen LogP contribution < -0.4 is 14.8 Å². The normalized spacial score (nSPS) is 16.8. The maximum atomic E-state index is 14.7. The molecule has 2 aromatic rings. The standard InChI is InChI=1S/C19H20F4N2O2/c1-26-15-6-7-16(17(20)12-15)18(25-10-8-24-9-11-25)13-2-4-14(5-3-13)27-19(21,22)23/h2-7,12,18,24H,8-11H2,1H3/t18-/m0/s1. The molecule has 2 aromatic carbocycles. The molecular formula is C19H20F4N2O2. The van der Waals surface area contributed by atoms with Gasteiger partial charge in [-0.15, -0.1) is 13.2 Å². The zero-order valence-electron chi connectivity index (χ0n) is 14.7. The van der Waals surface area contributed by atoms with Crippen LogP contribution in [0, 0.1) is 5.82 Å². The van der Waals surface area contributed by atoms with Crippen LogP contribution in [0.25, 0.3) is 0 Å². The Hall–Kier alpha value is -2.32. The fourth-order valence-electron chi connectivity index (χ4n) is 3.24. The summed E-state index contributed by atoms with van der Waals surface area (Å²) in [5.74, 6) is -0.321. The molecule has 0 aromatic heterocycles. The van der Waals surface area contributed by atoms with Crippen LogP contribution in [0.15, 0.2) is 42.5 Å². The van der Waals surface area contributed by atoms with Crippen LogP contribution >= 0.6 is 0 Å². The number of hydrogen-bond donors (Lipinski definition) is 1. The van der Waals surface area contributed by atoms with Crippen LogP contribution in [0.1, 0.15) is 17.2 Å². The lowest BCUT2D eigenvalue weighted by Crippen LogP contribution is -2.45. The first-order chi connectivity index (χ1) is 12.9. The van der Waals surface area contributed by atoms with Crippen LogP contribution in [-0.4, -0.2) is 44.6 Å². The Morgan fingerprint density at radius 2 is 1.63 bits per heavy atom. The molecule has 1 aliphatic rings. The van der Waals surface area contributed by atoms with Crippen LogP contribution in [0.4, 0.5) is 17.6 Å². The Morgan fingerprint density at radius 3 is 2.19 bits per heavy atom. The quantitative estimate of drug-likeness (QED) is 0.797. The first-order valence-electron chi connectivity index (χ1n) is 8.51. The van der Waals surface area contributed by atoms with E-state index in [4.69, 9.17) is 4.74 Å². The minimum atomic E-state index is -4.75. The molecule has 3 rings (SSSR count). The van der Waals surface area contributed by atoms with Gasteiger partial charge in [0, 0.05) is 37.8 Å². The average molecular weight is 384 g/mol. The van der Waals surface area contributed by atoms with Gasteiger partial charge in [-0.25, -0.2) is 4.39 Å². The molecule has 0 unspecified atom stereocenters. The Labute approximate surface area is 154 Å². The molecule has 4 nitrogen and oxygen atoms in total. The van der Waals surface area contributed by atoms with E-state index in [0.29, 0.717) is 30.0 Å². The Balaban J connectivity index is 1.95. The topological polar surface area (TPSA) is 33.7 Å². The molecule has 0 spiro atoms. The number of rotatable bonds is 5. The van der Waals surface area contributed by atoms with Crippen molar-refractivity contribution >= 4 is 0 Å². The van der Waals surface area contributed by atoms with E-state index in [0.717, 1.165) is 13.1 Å². The van der Waals surface area contributed by atoms with Gasteiger partial charge in [0.2, 0.25) is 0 Å². The van der Waals surface area contributed by atoms with Crippen molar-refractivity contribution in [2.75, 3.05) is 33.3 Å². The summed E-state index contributed by atoms with van der Waals surface area (Å²) in [4.78, 5) is 2.10. The Bertz CT molecular complexity index is 759. The van der Waals surface area contributed by atoms with Crippen molar-refractivity contribution in [2.45, 2.75) is 12.4 Å². The molecule has 1 aliphatic heterocycles. The summed E-state index contributed by atoms with van der Waals surface area (Å²) in [6, 6.07) is 9.80. The molecule has 1 atom stereocenters. The van der Waals surface area contributed by atoms with E-state index < -0.39 is 18.2 Å². The van der Waals surface area contributed by atoms with Crippen molar-refractivity contribution in [3.05, 3.63) is 59.4 Å². The first kappa shape index (κ1) is 19.4. The van der Waals surface area contributed by atoms with Crippen molar-refractivity contribution in [3.63, 3.8) is 0 Å². The highest BCUT2D eigenvalue weighted by Crippen LogP contribution is 2.34. The van der Waals surface area contributed by atoms with Gasteiger partial charge in [0.1, 0.15) is 17.3 Å². The molecule has 146 valence electrons. The van der Waals surface area contributed by atoms with Gasteiger partial charge in [-0.2, -0.15) is 0 Å². The number of hydrogen-bond acceptors (Lipinski definition) is 4. The van der Waals surface area contributed by atoms with Gasteiger partial charge in [0.05, 0.1) is 13.2 Å². The first-order valence-corrected chi connectivity index (χ1v) is 8.51. The van der Waals surface area contributed by atoms with Gasteiger partial charge in [0.15, 0.2) is 0 Å². The zero-order valence-corrected chi connectivity index (χ0v) is 14.7. The summed E-state index contributed by atoms with van der Waals surface area (Å²) < 4.78 is 60.9. The lowest BCUT2D eigenvalue weighted by atomic mass is 9.95. The summed E-state index contributed by atoms with van der Waals surface area (Å²) in [6.07, 6.45) is -4.75. The summed E-state index contributed by atoms with van der Waals surface area (Å²) in [5, 5.41) is 3.24. The smallest absolute Gasteiger partial charge is 0.497 e. The van der Waals surface area contributed by atoms with Crippen LogP contribution in [0.2, 0.25) is 0 Å². The minimum absolute atomic E-state index is 0.305. The zero-order chi connectivity index (χ0) is 19.4. The number of benzene rings is 2. The van der Waals surface area contributed by atoms with Gasteiger partial charge in [0.25, 0.3) is 0 Å². The molecule has 8 heteroatoms. The maximum absolute atomic E-state index is 14.7. The van der Waals surface area contributed by atoms with Crippen molar-refractivity contribution in [3.8, 4) is 11.5 Å². The van der Waals surface area contributed by atoms with Crippen molar-refractivity contribution in [1.29, 1.82) is 0 Å². The molecule has 1 saturated heterocycles. The van der Waals surface area contributed by atoms with Gasteiger partial charge >= 0.3 is 6.36 Å². The minimum Gasteiger partial charge on any atom is -0.497 e. The molecule has 1 heterocycles. The summed E-state index contributed by atoms with van der Waals surface area (Å²) in [6.45, 7) is 2.89. The number of nitrogens with one attached hydrogen (secondary N) is 1. The van der Waals surface area contributed by atoms with E-state index in [2.05, 4.69) is 15.0 Å². The molecule has 27 heavy (non-hydrogen) atoms. The summed E-state index contributed by atoms with van der Waals surface area (Å²) in [5.41, 5.74) is 1.14. The Kier molecular flexibility index (Phi) is 5.86. The second-order valence-electron chi connectivity index (χ2n) is 6.19. The predicted molar refractivity (Wildman–Crippen MR) is 92.4 cm³/mol. The highest BCUT2D eigenvalue weighted by atomic mass is 19.4. The average Bonchev–Trinajstić information content (AvgIpc) is 2.64. The molecule has 0 bridgehead atoms. The monoisotopic (exact) mass is 384 g/mol. The largest absolute Gasteiger partial charge is 0.573 e. The highest BCUT2D eigenvalue weighted by molar-refractivity contribution is 5.39. The number of nitrogens with zero attached hydrogens (tertiary/aromatic N) is 1. The third kappa shape index (κ3) is 4.90. The molecule has 1 fully saturated rings. The summed E-state index contributed by atoms with van der Waals surface area (Å²) >= 11 is 0. The van der Waals surface area contributed by atoms with Crippen LogP contribution in [0.3, 0.4) is 0 Å². The van der Waals surface area contributed by atoms with E-state index in [9.17, 15) is 17.6 Å². The molecule has 1 N–H and O–H groups in total. The lowest BCUT2D eigenvalue weighted by Gasteiger charge is -2.35. The molecular weight excluding hydrogens is 364 g/mol. The number of halogens is 4. The predicted octanol–water partition coefficient (Wildman–Crippen LogP) is 3.73. The van der Waals surface area contributed by atoms with E-state index >= 15 is 0 Å². The Morgan fingerprint density at radius 1 is 1.00 bits per heavy atom. The molecule has 0 radical (unpaired) electrons. The fraction of sp³-hybridized carbons (Fsp3) is 0.368. The number of ether oxygens (including phenoxy) is 2. The van der Waals surface area contributed by atoms with Gasteiger partial charge in [-0.3, -0.25) is 4.90 Å². The number of alkyl halides is 3. The van der Waals surface area contributed by atoms with Crippen LogP contribution in [-0.2, 0) is 0 Å². The SMILES string of the molecule is COc1ccc([C@H](c2ccc(OC(F)(F)F)cc2)N2CCNCC2)c(F)c1. The van der Waals surface area contributed by atoms with E-state index in [1.165, 1.54) is 37.4 Å². The summed E-state index contributed by atoms with van der Waals surface area (Å²) in [7, 11) is 1.46. The third-order valence-electron chi connectivity index (χ3n) is 4.45. The molecule has 0 aliphatic carbocycles.